The number of hydrogen-bond acceptors (Lipinski definition) is 3. The molecule has 0 radical (unpaired) electrons. The molecule has 0 bridgehead atoms. The van der Waals surface area contributed by atoms with Crippen LogP contribution in [0.15, 0.2) is 73.1 Å². The molecule has 0 spiro atoms. The molecule has 0 saturated heterocycles. The molecule has 5 heteroatoms. The van der Waals surface area contributed by atoms with E-state index in [-0.39, 0.29) is 0 Å². The van der Waals surface area contributed by atoms with E-state index in [1.54, 1.807) is 6.20 Å². The Bertz CT molecular complexity index is 1000. The molecule has 0 amide bonds. The summed E-state index contributed by atoms with van der Waals surface area (Å²) in [5, 5.41) is 9.29. The number of para-hydroxylation sites is 1. The van der Waals surface area contributed by atoms with E-state index in [0.717, 1.165) is 27.9 Å². The molecule has 24 heavy (non-hydrogen) atoms. The number of benzene rings is 2. The molecule has 0 aliphatic carbocycles. The molecule has 0 aliphatic heterocycles. The third-order valence-electron chi connectivity index (χ3n) is 3.71. The van der Waals surface area contributed by atoms with Crippen molar-refractivity contribution in [3.8, 4) is 0 Å². The second-order valence-electron chi connectivity index (χ2n) is 5.31. The first-order chi connectivity index (χ1) is 11.8. The number of pyridine rings is 1. The van der Waals surface area contributed by atoms with Gasteiger partial charge in [0.05, 0.1) is 11.2 Å². The zero-order valence-electron chi connectivity index (χ0n) is 12.7. The molecular weight excluding hydrogens is 320 g/mol. The van der Waals surface area contributed by atoms with Gasteiger partial charge < -0.3 is 0 Å². The summed E-state index contributed by atoms with van der Waals surface area (Å²) in [6.07, 6.45) is 5.61. The standard InChI is InChI=1S/C19H13ClN4/c20-16-9-7-15(8-10-16)19(12-14-4-3-11-21-13-14)24-18-6-2-1-5-17(18)22-23-24/h1-13H/b19-12-. The lowest BCUT2D eigenvalue weighted by Crippen LogP contribution is -2.01. The molecule has 4 rings (SSSR count). The van der Waals surface area contributed by atoms with E-state index in [1.165, 1.54) is 0 Å². The Morgan fingerprint density at radius 2 is 1.79 bits per heavy atom. The molecule has 0 atom stereocenters. The van der Waals surface area contributed by atoms with Gasteiger partial charge in [-0.2, -0.15) is 0 Å². The van der Waals surface area contributed by atoms with Crippen LogP contribution < -0.4 is 0 Å². The second kappa shape index (κ2) is 6.26. The summed E-state index contributed by atoms with van der Waals surface area (Å²) in [7, 11) is 0. The minimum Gasteiger partial charge on any atom is -0.264 e. The topological polar surface area (TPSA) is 43.6 Å². The van der Waals surface area contributed by atoms with Gasteiger partial charge in [0.25, 0.3) is 0 Å². The quantitative estimate of drug-likeness (QED) is 0.553. The number of rotatable bonds is 3. The van der Waals surface area contributed by atoms with Crippen LogP contribution in [-0.4, -0.2) is 20.0 Å². The Morgan fingerprint density at radius 1 is 0.958 bits per heavy atom. The van der Waals surface area contributed by atoms with Gasteiger partial charge in [0.15, 0.2) is 0 Å². The van der Waals surface area contributed by atoms with E-state index >= 15 is 0 Å². The molecule has 4 aromatic rings. The van der Waals surface area contributed by atoms with E-state index in [9.17, 15) is 0 Å². The van der Waals surface area contributed by atoms with Crippen LogP contribution in [0.4, 0.5) is 0 Å². The molecule has 2 heterocycles. The number of nitrogens with zero attached hydrogens (tertiary/aromatic N) is 4. The van der Waals surface area contributed by atoms with Crippen LogP contribution in [0.5, 0.6) is 0 Å². The highest BCUT2D eigenvalue weighted by Crippen LogP contribution is 2.24. The Labute approximate surface area is 144 Å². The lowest BCUT2D eigenvalue weighted by atomic mass is 10.1. The van der Waals surface area contributed by atoms with Crippen LogP contribution in [0.3, 0.4) is 0 Å². The lowest BCUT2D eigenvalue weighted by Gasteiger charge is -2.09. The molecule has 2 aromatic carbocycles. The van der Waals surface area contributed by atoms with E-state index < -0.39 is 0 Å². The Balaban J connectivity index is 1.93. The van der Waals surface area contributed by atoms with Crippen LogP contribution in [0.2, 0.25) is 5.02 Å². The summed E-state index contributed by atoms with van der Waals surface area (Å²) in [5.41, 5.74) is 4.69. The molecule has 116 valence electrons. The van der Waals surface area contributed by atoms with Crippen LogP contribution >= 0.6 is 11.6 Å². The Morgan fingerprint density at radius 3 is 2.58 bits per heavy atom. The van der Waals surface area contributed by atoms with E-state index in [2.05, 4.69) is 15.3 Å². The first kappa shape index (κ1) is 14.6. The Hall–Kier alpha value is -2.98. The average molecular weight is 333 g/mol. The molecular formula is C19H13ClN4. The summed E-state index contributed by atoms with van der Waals surface area (Å²) in [5.74, 6) is 0. The highest BCUT2D eigenvalue weighted by Gasteiger charge is 2.11. The van der Waals surface area contributed by atoms with Crippen molar-refractivity contribution in [2.45, 2.75) is 0 Å². The number of aromatic nitrogens is 4. The van der Waals surface area contributed by atoms with Crippen molar-refractivity contribution in [1.82, 2.24) is 20.0 Å². The first-order valence-corrected chi connectivity index (χ1v) is 7.87. The van der Waals surface area contributed by atoms with Crippen molar-refractivity contribution in [1.29, 1.82) is 0 Å². The number of halogens is 1. The molecule has 0 saturated carbocycles. The van der Waals surface area contributed by atoms with Crippen molar-refractivity contribution in [3.63, 3.8) is 0 Å². The monoisotopic (exact) mass is 332 g/mol. The van der Waals surface area contributed by atoms with Crippen molar-refractivity contribution in [2.24, 2.45) is 0 Å². The van der Waals surface area contributed by atoms with Crippen molar-refractivity contribution in [3.05, 3.63) is 89.2 Å². The van der Waals surface area contributed by atoms with E-state index in [1.807, 2.05) is 77.6 Å². The van der Waals surface area contributed by atoms with Gasteiger partial charge in [-0.1, -0.05) is 47.1 Å². The van der Waals surface area contributed by atoms with E-state index in [0.29, 0.717) is 5.02 Å². The molecule has 0 fully saturated rings. The van der Waals surface area contributed by atoms with Gasteiger partial charge in [0, 0.05) is 23.0 Å². The smallest absolute Gasteiger partial charge is 0.113 e. The highest BCUT2D eigenvalue weighted by atomic mass is 35.5. The zero-order valence-corrected chi connectivity index (χ0v) is 13.4. The number of fused-ring (bicyclic) bond motifs is 1. The van der Waals surface area contributed by atoms with Gasteiger partial charge in [0.2, 0.25) is 0 Å². The van der Waals surface area contributed by atoms with Crippen molar-refractivity contribution < 1.29 is 0 Å². The molecule has 0 unspecified atom stereocenters. The fourth-order valence-electron chi connectivity index (χ4n) is 2.55. The third kappa shape index (κ3) is 2.79. The lowest BCUT2D eigenvalue weighted by molar-refractivity contribution is 0.843. The summed E-state index contributed by atoms with van der Waals surface area (Å²) in [6, 6.07) is 19.5. The van der Waals surface area contributed by atoms with Crippen molar-refractivity contribution in [2.75, 3.05) is 0 Å². The van der Waals surface area contributed by atoms with Gasteiger partial charge in [0.1, 0.15) is 5.52 Å². The SMILES string of the molecule is Clc1ccc(/C(=C/c2cccnc2)n2nnc3ccccc32)cc1. The summed E-state index contributed by atoms with van der Waals surface area (Å²) in [6.45, 7) is 0. The minimum atomic E-state index is 0.697. The molecule has 0 N–H and O–H groups in total. The maximum atomic E-state index is 6.03. The Kier molecular flexibility index (Phi) is 3.81. The van der Waals surface area contributed by atoms with Crippen LogP contribution in [0.25, 0.3) is 22.8 Å². The van der Waals surface area contributed by atoms with Crippen LogP contribution in [0.1, 0.15) is 11.1 Å². The first-order valence-electron chi connectivity index (χ1n) is 7.50. The van der Waals surface area contributed by atoms with Gasteiger partial charge in [-0.15, -0.1) is 5.10 Å². The highest BCUT2D eigenvalue weighted by molar-refractivity contribution is 6.30. The molecule has 2 aromatic heterocycles. The predicted molar refractivity (Wildman–Crippen MR) is 96.5 cm³/mol. The minimum absolute atomic E-state index is 0.697. The van der Waals surface area contributed by atoms with E-state index in [4.69, 9.17) is 11.6 Å². The summed E-state index contributed by atoms with van der Waals surface area (Å²) in [4.78, 5) is 4.18. The van der Waals surface area contributed by atoms with Crippen LogP contribution in [0, 0.1) is 0 Å². The summed E-state index contributed by atoms with van der Waals surface area (Å²) >= 11 is 6.03. The maximum Gasteiger partial charge on any atom is 0.113 e. The zero-order chi connectivity index (χ0) is 16.4. The predicted octanol–water partition coefficient (Wildman–Crippen LogP) is 4.53. The maximum absolute atomic E-state index is 6.03. The average Bonchev–Trinajstić information content (AvgIpc) is 3.05. The molecule has 4 nitrogen and oxygen atoms in total. The third-order valence-corrected chi connectivity index (χ3v) is 3.96. The summed E-state index contributed by atoms with van der Waals surface area (Å²) < 4.78 is 1.84. The number of hydrogen-bond donors (Lipinski definition) is 0. The van der Waals surface area contributed by atoms with Gasteiger partial charge in [-0.25, -0.2) is 4.68 Å². The second-order valence-corrected chi connectivity index (χ2v) is 5.75. The van der Waals surface area contributed by atoms with Crippen molar-refractivity contribution >= 4 is 34.4 Å². The fraction of sp³-hybridized carbons (Fsp3) is 0. The van der Waals surface area contributed by atoms with Gasteiger partial charge in [-0.3, -0.25) is 4.98 Å². The normalized spacial score (nSPS) is 11.8. The fourth-order valence-corrected chi connectivity index (χ4v) is 2.68. The largest absolute Gasteiger partial charge is 0.264 e. The van der Waals surface area contributed by atoms with Gasteiger partial charge in [-0.05, 0) is 42.0 Å². The van der Waals surface area contributed by atoms with Crippen LogP contribution in [-0.2, 0) is 0 Å². The molecule has 0 aliphatic rings. The van der Waals surface area contributed by atoms with Gasteiger partial charge >= 0.3 is 0 Å².